The Morgan fingerprint density at radius 1 is 1.29 bits per heavy atom. The van der Waals surface area contributed by atoms with Gasteiger partial charge in [0.05, 0.1) is 4.90 Å². The lowest BCUT2D eigenvalue weighted by atomic mass is 10.1. The van der Waals surface area contributed by atoms with E-state index in [1.54, 1.807) is 24.9 Å². The summed E-state index contributed by atoms with van der Waals surface area (Å²) in [4.78, 5) is 0.366. The van der Waals surface area contributed by atoms with Gasteiger partial charge in [-0.25, -0.2) is 8.42 Å². The van der Waals surface area contributed by atoms with E-state index in [9.17, 15) is 8.42 Å². The van der Waals surface area contributed by atoms with E-state index in [1.165, 1.54) is 4.31 Å². The van der Waals surface area contributed by atoms with Gasteiger partial charge in [-0.05, 0) is 49.3 Å². The Morgan fingerprint density at radius 3 is 2.38 bits per heavy atom. The number of hydrogen-bond acceptors (Lipinski definition) is 3. The maximum absolute atomic E-state index is 12.9. The van der Waals surface area contributed by atoms with Gasteiger partial charge in [0.25, 0.3) is 0 Å². The molecule has 0 radical (unpaired) electrons. The van der Waals surface area contributed by atoms with Crippen LogP contribution >= 0.6 is 23.4 Å². The first kappa shape index (κ1) is 18.8. The average Bonchev–Trinajstić information content (AvgIpc) is 2.43. The van der Waals surface area contributed by atoms with Crippen LogP contribution < -0.4 is 0 Å². The molecule has 1 aromatic carbocycles. The van der Waals surface area contributed by atoms with Gasteiger partial charge in [0, 0.05) is 24.7 Å². The topological polar surface area (TPSA) is 37.4 Å². The molecule has 1 aromatic rings. The summed E-state index contributed by atoms with van der Waals surface area (Å²) in [5, 5.41) is 0. The Balaban J connectivity index is 3.30. The molecule has 1 rings (SSSR count). The molecule has 0 N–H and O–H groups in total. The van der Waals surface area contributed by atoms with Crippen molar-refractivity contribution in [3.8, 4) is 0 Å². The van der Waals surface area contributed by atoms with Gasteiger partial charge in [0.2, 0.25) is 10.0 Å². The Kier molecular flexibility index (Phi) is 7.04. The van der Waals surface area contributed by atoms with Crippen LogP contribution in [0, 0.1) is 13.8 Å². The van der Waals surface area contributed by atoms with E-state index >= 15 is 0 Å². The number of thioether (sulfide) groups is 1. The molecule has 0 heterocycles. The van der Waals surface area contributed by atoms with Crippen LogP contribution in [0.3, 0.4) is 0 Å². The van der Waals surface area contributed by atoms with Crippen LogP contribution in [0.4, 0.5) is 0 Å². The third-order valence-corrected chi connectivity index (χ3v) is 6.84. The standard InChI is InChI=1S/C15H24ClNO2S2/c1-6-14(10-20-5)17(4)21(18,19)15-8-13(9-16)11(2)7-12(15)3/h7-8,14H,6,9-10H2,1-5H3. The lowest BCUT2D eigenvalue weighted by Crippen LogP contribution is -2.38. The third kappa shape index (κ3) is 4.15. The Bertz CT molecular complexity index is 588. The van der Waals surface area contributed by atoms with Crippen LogP contribution in [-0.4, -0.2) is 37.8 Å². The molecule has 0 spiro atoms. The molecule has 0 saturated carbocycles. The highest BCUT2D eigenvalue weighted by Crippen LogP contribution is 2.26. The smallest absolute Gasteiger partial charge is 0.207 e. The fourth-order valence-corrected chi connectivity index (χ4v) is 5.23. The average molecular weight is 350 g/mol. The van der Waals surface area contributed by atoms with Crippen molar-refractivity contribution in [3.05, 3.63) is 28.8 Å². The largest absolute Gasteiger partial charge is 0.243 e. The summed E-state index contributed by atoms with van der Waals surface area (Å²) >= 11 is 7.57. The number of nitrogens with zero attached hydrogens (tertiary/aromatic N) is 1. The van der Waals surface area contributed by atoms with Crippen molar-refractivity contribution in [1.29, 1.82) is 0 Å². The molecule has 21 heavy (non-hydrogen) atoms. The zero-order chi connectivity index (χ0) is 16.2. The van der Waals surface area contributed by atoms with E-state index in [1.807, 2.05) is 33.1 Å². The van der Waals surface area contributed by atoms with Crippen molar-refractivity contribution in [2.45, 2.75) is 44.0 Å². The summed E-state index contributed by atoms with van der Waals surface area (Å²) in [5.74, 6) is 1.11. The predicted octanol–water partition coefficient (Wildman–Crippen LogP) is 3.80. The van der Waals surface area contributed by atoms with E-state index in [4.69, 9.17) is 11.6 Å². The summed E-state index contributed by atoms with van der Waals surface area (Å²) in [5.41, 5.74) is 2.67. The van der Waals surface area contributed by atoms with Crippen LogP contribution in [0.25, 0.3) is 0 Å². The molecule has 0 bridgehead atoms. The van der Waals surface area contributed by atoms with E-state index in [-0.39, 0.29) is 6.04 Å². The first-order valence-electron chi connectivity index (χ1n) is 6.92. The second-order valence-corrected chi connectivity index (χ2v) is 8.36. The van der Waals surface area contributed by atoms with Crippen molar-refractivity contribution in [2.75, 3.05) is 19.1 Å². The van der Waals surface area contributed by atoms with Crippen LogP contribution in [0.1, 0.15) is 30.0 Å². The second-order valence-electron chi connectivity index (χ2n) is 5.22. The fourth-order valence-electron chi connectivity index (χ4n) is 2.32. The molecular formula is C15H24ClNO2S2. The molecule has 0 aliphatic heterocycles. The van der Waals surface area contributed by atoms with Crippen molar-refractivity contribution < 1.29 is 8.42 Å². The summed E-state index contributed by atoms with van der Waals surface area (Å²) in [6, 6.07) is 3.62. The van der Waals surface area contributed by atoms with Gasteiger partial charge in [-0.2, -0.15) is 16.1 Å². The van der Waals surface area contributed by atoms with Gasteiger partial charge in [-0.3, -0.25) is 0 Å². The van der Waals surface area contributed by atoms with Gasteiger partial charge < -0.3 is 0 Å². The molecular weight excluding hydrogens is 326 g/mol. The number of alkyl halides is 1. The quantitative estimate of drug-likeness (QED) is 0.702. The van der Waals surface area contributed by atoms with Crippen molar-refractivity contribution >= 4 is 33.4 Å². The Labute approximate surface area is 138 Å². The maximum Gasteiger partial charge on any atom is 0.243 e. The minimum Gasteiger partial charge on any atom is -0.207 e. The van der Waals surface area contributed by atoms with Crippen LogP contribution in [0.15, 0.2) is 17.0 Å². The number of benzene rings is 1. The van der Waals surface area contributed by atoms with Gasteiger partial charge in [-0.15, -0.1) is 11.6 Å². The summed E-state index contributed by atoms with van der Waals surface area (Å²) in [6.45, 7) is 5.80. The van der Waals surface area contributed by atoms with E-state index in [0.717, 1.165) is 28.9 Å². The highest BCUT2D eigenvalue weighted by Gasteiger charge is 2.28. The van der Waals surface area contributed by atoms with Crippen LogP contribution in [0.2, 0.25) is 0 Å². The van der Waals surface area contributed by atoms with Crippen LogP contribution in [0.5, 0.6) is 0 Å². The monoisotopic (exact) mass is 349 g/mol. The van der Waals surface area contributed by atoms with Gasteiger partial charge >= 0.3 is 0 Å². The number of aryl methyl sites for hydroxylation is 2. The minimum atomic E-state index is -3.49. The van der Waals surface area contributed by atoms with E-state index in [0.29, 0.717) is 10.8 Å². The van der Waals surface area contributed by atoms with Crippen molar-refractivity contribution in [1.82, 2.24) is 4.31 Å². The molecule has 1 atom stereocenters. The minimum absolute atomic E-state index is 0.00477. The molecule has 0 aromatic heterocycles. The fraction of sp³-hybridized carbons (Fsp3) is 0.600. The third-order valence-electron chi connectivity index (χ3n) is 3.78. The van der Waals surface area contributed by atoms with Gasteiger partial charge in [-0.1, -0.05) is 13.0 Å². The van der Waals surface area contributed by atoms with E-state index < -0.39 is 10.0 Å². The zero-order valence-electron chi connectivity index (χ0n) is 13.3. The number of rotatable bonds is 7. The number of halogens is 1. The van der Waals surface area contributed by atoms with Crippen molar-refractivity contribution in [2.24, 2.45) is 0 Å². The zero-order valence-corrected chi connectivity index (χ0v) is 15.7. The predicted molar refractivity (Wildman–Crippen MR) is 92.9 cm³/mol. The molecule has 3 nitrogen and oxygen atoms in total. The van der Waals surface area contributed by atoms with Crippen LogP contribution in [-0.2, 0) is 15.9 Å². The molecule has 0 aliphatic carbocycles. The summed E-state index contributed by atoms with van der Waals surface area (Å²) in [7, 11) is -1.83. The number of hydrogen-bond donors (Lipinski definition) is 0. The SMILES string of the molecule is CCC(CSC)N(C)S(=O)(=O)c1cc(CCl)c(C)cc1C. The van der Waals surface area contributed by atoms with Gasteiger partial charge in [0.15, 0.2) is 0 Å². The molecule has 6 heteroatoms. The van der Waals surface area contributed by atoms with Gasteiger partial charge in [0.1, 0.15) is 0 Å². The molecule has 120 valence electrons. The second kappa shape index (κ2) is 7.86. The molecule has 0 amide bonds. The maximum atomic E-state index is 12.9. The molecule has 0 aliphatic rings. The first-order chi connectivity index (χ1) is 9.79. The molecule has 0 saturated heterocycles. The summed E-state index contributed by atoms with van der Waals surface area (Å²) < 4.78 is 27.3. The molecule has 0 fully saturated rings. The van der Waals surface area contributed by atoms with E-state index in [2.05, 4.69) is 0 Å². The summed E-state index contributed by atoms with van der Waals surface area (Å²) in [6.07, 6.45) is 2.79. The molecule has 1 unspecified atom stereocenters. The van der Waals surface area contributed by atoms with Crippen molar-refractivity contribution in [3.63, 3.8) is 0 Å². The Morgan fingerprint density at radius 2 is 1.90 bits per heavy atom. The highest BCUT2D eigenvalue weighted by atomic mass is 35.5. The highest BCUT2D eigenvalue weighted by molar-refractivity contribution is 7.98. The number of sulfonamides is 1. The lowest BCUT2D eigenvalue weighted by molar-refractivity contribution is 0.385. The first-order valence-corrected chi connectivity index (χ1v) is 10.3. The normalized spacial score (nSPS) is 13.7. The Hall–Kier alpha value is -0.230. The lowest BCUT2D eigenvalue weighted by Gasteiger charge is -2.27.